The molecule has 0 saturated carbocycles. The van der Waals surface area contributed by atoms with Gasteiger partial charge in [0.2, 0.25) is 5.95 Å². The van der Waals surface area contributed by atoms with Gasteiger partial charge < -0.3 is 5.73 Å². The first-order valence-electron chi connectivity index (χ1n) is 2.50. The van der Waals surface area contributed by atoms with E-state index in [1.165, 1.54) is 0 Å². The van der Waals surface area contributed by atoms with Gasteiger partial charge in [-0.15, -0.1) is 0 Å². The Morgan fingerprint density at radius 1 is 1.56 bits per heavy atom. The number of aromatic nitrogens is 4. The molecule has 0 amide bonds. The van der Waals surface area contributed by atoms with Crippen LogP contribution in [-0.2, 0) is 0 Å². The van der Waals surface area contributed by atoms with Gasteiger partial charge in [0, 0.05) is 0 Å². The molecule has 0 aliphatic heterocycles. The van der Waals surface area contributed by atoms with Crippen molar-refractivity contribution in [3.8, 4) is 0 Å². The molecule has 5 heteroatoms. The van der Waals surface area contributed by atoms with E-state index in [9.17, 15) is 0 Å². The Morgan fingerprint density at radius 3 is 3.22 bits per heavy atom. The number of anilines is 1. The molecule has 0 atom stereocenters. The lowest BCUT2D eigenvalue weighted by Gasteiger charge is -1.82. The van der Waals surface area contributed by atoms with Crippen LogP contribution >= 0.6 is 0 Å². The van der Waals surface area contributed by atoms with E-state index in [-0.39, 0.29) is 0 Å². The standard InChI is InChI=1S/C4H5N5/c5-4-6-1-3-7-2-8-9(3)4/h1-2H,(H2,5,6)(H,7,8). The van der Waals surface area contributed by atoms with Gasteiger partial charge in [-0.1, -0.05) is 0 Å². The van der Waals surface area contributed by atoms with Gasteiger partial charge in [0.15, 0.2) is 5.65 Å². The Morgan fingerprint density at radius 2 is 2.44 bits per heavy atom. The number of nitrogen functional groups attached to an aromatic ring is 1. The molecule has 0 aliphatic carbocycles. The molecule has 46 valence electrons. The monoisotopic (exact) mass is 123 g/mol. The maximum atomic E-state index is 5.40. The summed E-state index contributed by atoms with van der Waals surface area (Å²) in [6.45, 7) is 0. The minimum absolute atomic E-state index is 0.433. The maximum absolute atomic E-state index is 5.40. The van der Waals surface area contributed by atoms with E-state index in [0.717, 1.165) is 5.65 Å². The number of imidazole rings is 1. The van der Waals surface area contributed by atoms with Crippen LogP contribution in [0.25, 0.3) is 5.65 Å². The third-order valence-electron chi connectivity index (χ3n) is 1.15. The summed E-state index contributed by atoms with van der Waals surface area (Å²) >= 11 is 0. The van der Waals surface area contributed by atoms with Crippen LogP contribution in [0.15, 0.2) is 12.5 Å². The molecular formula is C4H5N5. The average molecular weight is 123 g/mol. The first-order chi connectivity index (χ1) is 4.38. The molecule has 2 aromatic heterocycles. The predicted molar refractivity (Wildman–Crippen MR) is 31.8 cm³/mol. The summed E-state index contributed by atoms with van der Waals surface area (Å²) < 4.78 is 1.60. The molecule has 0 aliphatic rings. The summed E-state index contributed by atoms with van der Waals surface area (Å²) in [5, 5.41) is 2.79. The van der Waals surface area contributed by atoms with E-state index < -0.39 is 0 Å². The Kier molecular flexibility index (Phi) is 0.606. The lowest BCUT2D eigenvalue weighted by molar-refractivity contribution is 0.971. The van der Waals surface area contributed by atoms with Gasteiger partial charge >= 0.3 is 0 Å². The van der Waals surface area contributed by atoms with Gasteiger partial charge in [-0.2, -0.15) is 0 Å². The van der Waals surface area contributed by atoms with E-state index in [1.807, 2.05) is 0 Å². The zero-order chi connectivity index (χ0) is 6.27. The van der Waals surface area contributed by atoms with E-state index in [2.05, 4.69) is 15.1 Å². The van der Waals surface area contributed by atoms with Crippen LogP contribution in [0.3, 0.4) is 0 Å². The van der Waals surface area contributed by atoms with Crippen molar-refractivity contribution in [2.45, 2.75) is 0 Å². The zero-order valence-corrected chi connectivity index (χ0v) is 4.57. The van der Waals surface area contributed by atoms with Crippen molar-refractivity contribution in [3.05, 3.63) is 12.5 Å². The van der Waals surface area contributed by atoms with Gasteiger partial charge in [0.1, 0.15) is 6.33 Å². The summed E-state index contributed by atoms with van der Waals surface area (Å²) in [5.41, 5.74) is 6.14. The van der Waals surface area contributed by atoms with Gasteiger partial charge in [-0.25, -0.2) is 14.5 Å². The number of fused-ring (bicyclic) bond motifs is 1. The van der Waals surface area contributed by atoms with E-state index >= 15 is 0 Å². The second-order valence-corrected chi connectivity index (χ2v) is 1.70. The van der Waals surface area contributed by atoms with Gasteiger partial charge in [0.25, 0.3) is 0 Å². The topological polar surface area (TPSA) is 72.0 Å². The summed E-state index contributed by atoms with van der Waals surface area (Å²) in [4.78, 5) is 7.71. The van der Waals surface area contributed by atoms with E-state index in [1.54, 1.807) is 17.0 Å². The fraction of sp³-hybridized carbons (Fsp3) is 0. The Balaban J connectivity index is 2.99. The van der Waals surface area contributed by atoms with Crippen LogP contribution in [0.4, 0.5) is 5.95 Å². The van der Waals surface area contributed by atoms with Crippen LogP contribution in [0.2, 0.25) is 0 Å². The number of nitrogens with one attached hydrogen (secondary N) is 1. The molecule has 0 unspecified atom stereocenters. The van der Waals surface area contributed by atoms with Crippen LogP contribution in [0, 0.1) is 0 Å². The molecule has 5 nitrogen and oxygen atoms in total. The highest BCUT2D eigenvalue weighted by Gasteiger charge is 1.97. The minimum atomic E-state index is 0.433. The Bertz CT molecular complexity index is 318. The summed E-state index contributed by atoms with van der Waals surface area (Å²) in [5.74, 6) is 0.433. The molecule has 3 N–H and O–H groups in total. The third kappa shape index (κ3) is 0.426. The first kappa shape index (κ1) is 4.37. The van der Waals surface area contributed by atoms with Crippen molar-refractivity contribution in [1.29, 1.82) is 0 Å². The minimum Gasteiger partial charge on any atom is -0.368 e. The first-order valence-corrected chi connectivity index (χ1v) is 2.50. The van der Waals surface area contributed by atoms with Crippen molar-refractivity contribution in [1.82, 2.24) is 19.6 Å². The SMILES string of the molecule is Nc1ncc2nc[nH]n12. The molecular weight excluding hydrogens is 118 g/mol. The highest BCUT2D eigenvalue weighted by molar-refractivity contribution is 5.40. The van der Waals surface area contributed by atoms with Crippen LogP contribution in [-0.4, -0.2) is 19.6 Å². The largest absolute Gasteiger partial charge is 0.368 e. The Labute approximate surface area is 50.5 Å². The third-order valence-corrected chi connectivity index (χ3v) is 1.15. The molecule has 9 heavy (non-hydrogen) atoms. The molecule has 0 radical (unpaired) electrons. The molecule has 0 aromatic carbocycles. The molecule has 0 fully saturated rings. The molecule has 0 bridgehead atoms. The van der Waals surface area contributed by atoms with Crippen LogP contribution in [0.1, 0.15) is 0 Å². The van der Waals surface area contributed by atoms with Gasteiger partial charge in [0.05, 0.1) is 6.20 Å². The summed E-state index contributed by atoms with van der Waals surface area (Å²) in [6.07, 6.45) is 3.17. The van der Waals surface area contributed by atoms with Crippen molar-refractivity contribution >= 4 is 11.6 Å². The summed E-state index contributed by atoms with van der Waals surface area (Å²) in [7, 11) is 0. The van der Waals surface area contributed by atoms with Gasteiger partial charge in [-0.3, -0.25) is 5.10 Å². The number of nitrogens with two attached hydrogens (primary N) is 1. The van der Waals surface area contributed by atoms with Crippen molar-refractivity contribution in [3.63, 3.8) is 0 Å². The second kappa shape index (κ2) is 1.25. The normalized spacial score (nSPS) is 10.7. The number of aromatic amines is 1. The highest BCUT2D eigenvalue weighted by Crippen LogP contribution is 2.00. The lowest BCUT2D eigenvalue weighted by Crippen LogP contribution is -1.93. The Hall–Kier alpha value is -1.52. The predicted octanol–water partition coefficient (Wildman–Crippen LogP) is -0.360. The molecule has 0 saturated heterocycles. The molecule has 2 heterocycles. The van der Waals surface area contributed by atoms with E-state index in [0.29, 0.717) is 5.95 Å². The fourth-order valence-electron chi connectivity index (χ4n) is 0.733. The average Bonchev–Trinajstić information content (AvgIpc) is 2.35. The number of hydrogen-bond donors (Lipinski definition) is 2. The van der Waals surface area contributed by atoms with Crippen LogP contribution in [0.5, 0.6) is 0 Å². The lowest BCUT2D eigenvalue weighted by atomic mass is 10.8. The number of hydrogen-bond acceptors (Lipinski definition) is 3. The maximum Gasteiger partial charge on any atom is 0.221 e. The smallest absolute Gasteiger partial charge is 0.221 e. The highest BCUT2D eigenvalue weighted by atomic mass is 15.3. The molecule has 2 aromatic rings. The molecule has 2 rings (SSSR count). The fourth-order valence-corrected chi connectivity index (χ4v) is 0.733. The van der Waals surface area contributed by atoms with Crippen molar-refractivity contribution < 1.29 is 0 Å². The number of nitrogens with zero attached hydrogens (tertiary/aromatic N) is 3. The number of H-pyrrole nitrogens is 1. The number of rotatable bonds is 0. The quantitative estimate of drug-likeness (QED) is 0.502. The second-order valence-electron chi connectivity index (χ2n) is 1.70. The zero-order valence-electron chi connectivity index (χ0n) is 4.57. The van der Waals surface area contributed by atoms with Crippen LogP contribution < -0.4 is 5.73 Å². The van der Waals surface area contributed by atoms with E-state index in [4.69, 9.17) is 5.73 Å². The van der Waals surface area contributed by atoms with Crippen molar-refractivity contribution in [2.24, 2.45) is 0 Å². The van der Waals surface area contributed by atoms with Crippen molar-refractivity contribution in [2.75, 3.05) is 5.73 Å². The molecule has 0 spiro atoms. The van der Waals surface area contributed by atoms with Gasteiger partial charge in [-0.05, 0) is 0 Å². The summed E-state index contributed by atoms with van der Waals surface area (Å²) in [6, 6.07) is 0.